The molecule has 4 heteroatoms. The van der Waals surface area contributed by atoms with E-state index in [1.807, 2.05) is 0 Å². The van der Waals surface area contributed by atoms with Gasteiger partial charge in [-0.2, -0.15) is 0 Å². The molecule has 0 spiro atoms. The van der Waals surface area contributed by atoms with E-state index in [1.54, 1.807) is 12.4 Å². The van der Waals surface area contributed by atoms with Crippen LogP contribution in [0, 0.1) is 0 Å². The van der Waals surface area contributed by atoms with Gasteiger partial charge in [0.25, 0.3) is 0 Å². The number of hydrogen-bond acceptors (Lipinski definition) is 3. The lowest BCUT2D eigenvalue weighted by Gasteiger charge is -2.25. The fourth-order valence-electron chi connectivity index (χ4n) is 1.01. The van der Waals surface area contributed by atoms with Crippen molar-refractivity contribution in [3.63, 3.8) is 0 Å². The standard InChI is InChI=1S/C7H8BrN3/c8-5-3-10-7(11-4-5)6-1-2-9-6/h3-4,6,9H,1-2H2/t6-/m0/s1. The summed E-state index contributed by atoms with van der Waals surface area (Å²) in [6.45, 7) is 1.09. The molecule has 0 aliphatic carbocycles. The van der Waals surface area contributed by atoms with Crippen LogP contribution in [0.3, 0.4) is 0 Å². The molecule has 0 unspecified atom stereocenters. The van der Waals surface area contributed by atoms with E-state index in [4.69, 9.17) is 0 Å². The van der Waals surface area contributed by atoms with Crippen LogP contribution in [0.15, 0.2) is 16.9 Å². The van der Waals surface area contributed by atoms with Gasteiger partial charge in [0.1, 0.15) is 5.82 Å². The first-order valence-electron chi connectivity index (χ1n) is 3.57. The zero-order valence-corrected chi connectivity index (χ0v) is 7.50. The van der Waals surface area contributed by atoms with Crippen LogP contribution < -0.4 is 5.32 Å². The normalized spacial score (nSPS) is 22.8. The van der Waals surface area contributed by atoms with Crippen molar-refractivity contribution in [1.82, 2.24) is 15.3 Å². The second-order valence-electron chi connectivity index (χ2n) is 2.55. The molecular formula is C7H8BrN3. The lowest BCUT2D eigenvalue weighted by molar-refractivity contribution is 0.366. The fourth-order valence-corrected chi connectivity index (χ4v) is 1.22. The Bertz CT molecular complexity index is 242. The van der Waals surface area contributed by atoms with Gasteiger partial charge in [0.2, 0.25) is 0 Å². The van der Waals surface area contributed by atoms with Crippen molar-refractivity contribution < 1.29 is 0 Å². The van der Waals surface area contributed by atoms with Crippen LogP contribution in [-0.2, 0) is 0 Å². The molecule has 0 bridgehead atoms. The molecule has 3 nitrogen and oxygen atoms in total. The highest BCUT2D eigenvalue weighted by Gasteiger charge is 2.20. The van der Waals surface area contributed by atoms with E-state index in [1.165, 1.54) is 0 Å². The summed E-state index contributed by atoms with van der Waals surface area (Å²) in [7, 11) is 0. The summed E-state index contributed by atoms with van der Waals surface area (Å²) >= 11 is 3.29. The van der Waals surface area contributed by atoms with Gasteiger partial charge in [-0.25, -0.2) is 9.97 Å². The van der Waals surface area contributed by atoms with Crippen molar-refractivity contribution in [2.24, 2.45) is 0 Å². The summed E-state index contributed by atoms with van der Waals surface area (Å²) in [6.07, 6.45) is 4.71. The second kappa shape index (κ2) is 2.87. The Hall–Kier alpha value is -0.480. The van der Waals surface area contributed by atoms with E-state index in [2.05, 4.69) is 31.2 Å². The smallest absolute Gasteiger partial charge is 0.145 e. The Morgan fingerprint density at radius 1 is 1.45 bits per heavy atom. The van der Waals surface area contributed by atoms with E-state index < -0.39 is 0 Å². The van der Waals surface area contributed by atoms with Crippen molar-refractivity contribution in [2.75, 3.05) is 6.54 Å². The summed E-state index contributed by atoms with van der Waals surface area (Å²) in [4.78, 5) is 8.36. The highest BCUT2D eigenvalue weighted by Crippen LogP contribution is 2.19. The van der Waals surface area contributed by atoms with E-state index in [0.29, 0.717) is 6.04 Å². The lowest BCUT2D eigenvalue weighted by atomic mass is 10.1. The predicted molar refractivity (Wildman–Crippen MR) is 45.1 cm³/mol. The first-order valence-corrected chi connectivity index (χ1v) is 4.36. The maximum Gasteiger partial charge on any atom is 0.145 e. The van der Waals surface area contributed by atoms with Crippen molar-refractivity contribution in [3.8, 4) is 0 Å². The highest BCUT2D eigenvalue weighted by molar-refractivity contribution is 9.10. The average Bonchev–Trinajstić information content (AvgIpc) is 1.90. The van der Waals surface area contributed by atoms with Crippen LogP contribution in [0.1, 0.15) is 18.3 Å². The highest BCUT2D eigenvalue weighted by atomic mass is 79.9. The molecule has 0 amide bonds. The summed E-state index contributed by atoms with van der Waals surface area (Å²) in [5, 5.41) is 3.24. The van der Waals surface area contributed by atoms with Crippen molar-refractivity contribution in [3.05, 3.63) is 22.7 Å². The van der Waals surface area contributed by atoms with Gasteiger partial charge in [-0.05, 0) is 28.9 Å². The Kier molecular flexibility index (Phi) is 1.87. The van der Waals surface area contributed by atoms with Crippen molar-refractivity contribution >= 4 is 15.9 Å². The molecule has 1 atom stereocenters. The zero-order valence-electron chi connectivity index (χ0n) is 5.92. The van der Waals surface area contributed by atoms with Gasteiger partial charge < -0.3 is 5.32 Å². The van der Waals surface area contributed by atoms with Gasteiger partial charge in [-0.3, -0.25) is 0 Å². The zero-order chi connectivity index (χ0) is 7.68. The number of nitrogens with zero attached hydrogens (tertiary/aromatic N) is 2. The molecule has 0 radical (unpaired) electrons. The minimum absolute atomic E-state index is 0.392. The second-order valence-corrected chi connectivity index (χ2v) is 3.47. The fraction of sp³-hybridized carbons (Fsp3) is 0.429. The molecule has 1 N–H and O–H groups in total. The number of nitrogens with one attached hydrogen (secondary N) is 1. The monoisotopic (exact) mass is 213 g/mol. The van der Waals surface area contributed by atoms with Gasteiger partial charge in [0.05, 0.1) is 10.5 Å². The SMILES string of the molecule is Brc1cnc([C@@H]2CCN2)nc1. The summed E-state index contributed by atoms with van der Waals surface area (Å²) < 4.78 is 0.931. The third kappa shape index (κ3) is 1.41. The maximum atomic E-state index is 4.18. The van der Waals surface area contributed by atoms with E-state index in [0.717, 1.165) is 23.3 Å². The molecule has 2 heterocycles. The molecule has 11 heavy (non-hydrogen) atoms. The lowest BCUT2D eigenvalue weighted by Crippen LogP contribution is -2.36. The minimum Gasteiger partial charge on any atom is -0.307 e. The summed E-state index contributed by atoms with van der Waals surface area (Å²) in [6, 6.07) is 0.392. The van der Waals surface area contributed by atoms with E-state index >= 15 is 0 Å². The molecule has 0 aromatic carbocycles. The third-order valence-corrected chi connectivity index (χ3v) is 2.19. The van der Waals surface area contributed by atoms with Gasteiger partial charge in [0, 0.05) is 12.4 Å². The molecule has 1 aromatic heterocycles. The molecule has 1 aliphatic rings. The Labute approximate surface area is 73.4 Å². The first kappa shape index (κ1) is 7.18. The first-order chi connectivity index (χ1) is 5.36. The molecule has 0 saturated carbocycles. The van der Waals surface area contributed by atoms with Crippen molar-refractivity contribution in [1.29, 1.82) is 0 Å². The van der Waals surface area contributed by atoms with Crippen LogP contribution in [0.4, 0.5) is 0 Å². The topological polar surface area (TPSA) is 37.8 Å². The largest absolute Gasteiger partial charge is 0.307 e. The van der Waals surface area contributed by atoms with Gasteiger partial charge in [-0.1, -0.05) is 0 Å². The molecular weight excluding hydrogens is 206 g/mol. The van der Waals surface area contributed by atoms with Gasteiger partial charge in [-0.15, -0.1) is 0 Å². The Morgan fingerprint density at radius 3 is 2.55 bits per heavy atom. The molecule has 1 fully saturated rings. The predicted octanol–water partition coefficient (Wildman–Crippen LogP) is 1.27. The molecule has 58 valence electrons. The average molecular weight is 214 g/mol. The quantitative estimate of drug-likeness (QED) is 0.764. The summed E-state index contributed by atoms with van der Waals surface area (Å²) in [5.41, 5.74) is 0. The minimum atomic E-state index is 0.392. The van der Waals surface area contributed by atoms with Gasteiger partial charge in [0.15, 0.2) is 0 Å². The van der Waals surface area contributed by atoms with E-state index in [-0.39, 0.29) is 0 Å². The van der Waals surface area contributed by atoms with Gasteiger partial charge >= 0.3 is 0 Å². The Balaban J connectivity index is 2.18. The van der Waals surface area contributed by atoms with Crippen LogP contribution in [-0.4, -0.2) is 16.5 Å². The third-order valence-electron chi connectivity index (χ3n) is 1.78. The number of hydrogen-bond donors (Lipinski definition) is 1. The molecule has 1 aromatic rings. The van der Waals surface area contributed by atoms with Crippen LogP contribution in [0.5, 0.6) is 0 Å². The van der Waals surface area contributed by atoms with Crippen LogP contribution in [0.25, 0.3) is 0 Å². The number of aromatic nitrogens is 2. The van der Waals surface area contributed by atoms with Crippen LogP contribution in [0.2, 0.25) is 0 Å². The molecule has 1 saturated heterocycles. The molecule has 2 rings (SSSR count). The molecule has 1 aliphatic heterocycles. The Morgan fingerprint density at radius 2 is 2.09 bits per heavy atom. The van der Waals surface area contributed by atoms with E-state index in [9.17, 15) is 0 Å². The number of rotatable bonds is 1. The maximum absolute atomic E-state index is 4.18. The summed E-state index contributed by atoms with van der Waals surface area (Å²) in [5.74, 6) is 0.902. The van der Waals surface area contributed by atoms with Crippen LogP contribution >= 0.6 is 15.9 Å². The number of halogens is 1. The van der Waals surface area contributed by atoms with Crippen molar-refractivity contribution in [2.45, 2.75) is 12.5 Å².